The zero-order valence-corrected chi connectivity index (χ0v) is 14.6. The number of benzene rings is 2. The summed E-state index contributed by atoms with van der Waals surface area (Å²) in [6, 6.07) is 9.50. The molecule has 0 aromatic heterocycles. The molecule has 0 aliphatic carbocycles. The van der Waals surface area contributed by atoms with Crippen molar-refractivity contribution in [3.63, 3.8) is 0 Å². The van der Waals surface area contributed by atoms with Crippen molar-refractivity contribution in [2.24, 2.45) is 0 Å². The molecule has 4 amide bonds. The number of phenols is 1. The molecule has 138 valence electrons. The fraction of sp³-hybridized carbons (Fsp3) is 0.105. The molecule has 8 heteroatoms. The molecule has 0 saturated carbocycles. The second-order valence-corrected chi connectivity index (χ2v) is 5.59. The Kier molecular flexibility index (Phi) is 4.80. The smallest absolute Gasteiger partial charge is 0.335 e. The normalized spacial score (nSPS) is 15.7. The average molecular weight is 368 g/mol. The number of hydrogen-bond acceptors (Lipinski definition) is 6. The number of nitrogens with one attached hydrogen (secondary N) is 1. The quantitative estimate of drug-likeness (QED) is 0.632. The lowest BCUT2D eigenvalue weighted by molar-refractivity contribution is -0.122. The molecule has 2 aromatic rings. The van der Waals surface area contributed by atoms with E-state index in [0.717, 1.165) is 4.90 Å². The molecule has 2 aromatic carbocycles. The van der Waals surface area contributed by atoms with Crippen molar-refractivity contribution in [1.82, 2.24) is 5.32 Å². The van der Waals surface area contributed by atoms with E-state index in [1.165, 1.54) is 44.6 Å². The van der Waals surface area contributed by atoms with Crippen molar-refractivity contribution >= 4 is 29.6 Å². The van der Waals surface area contributed by atoms with E-state index >= 15 is 0 Å². The van der Waals surface area contributed by atoms with Gasteiger partial charge >= 0.3 is 6.03 Å². The number of rotatable bonds is 4. The number of imide groups is 2. The maximum Gasteiger partial charge on any atom is 0.335 e. The second kappa shape index (κ2) is 7.20. The Hall–Kier alpha value is -3.81. The lowest BCUT2D eigenvalue weighted by Crippen LogP contribution is -2.54. The van der Waals surface area contributed by atoms with E-state index in [9.17, 15) is 19.5 Å². The number of aromatic hydroxyl groups is 1. The molecule has 0 atom stereocenters. The molecule has 1 aliphatic heterocycles. The molecule has 1 saturated heterocycles. The van der Waals surface area contributed by atoms with Gasteiger partial charge in [-0.25, -0.2) is 9.69 Å². The third-order valence-electron chi connectivity index (χ3n) is 3.93. The maximum atomic E-state index is 12.8. The van der Waals surface area contributed by atoms with E-state index in [2.05, 4.69) is 5.32 Å². The van der Waals surface area contributed by atoms with E-state index < -0.39 is 17.8 Å². The van der Waals surface area contributed by atoms with Crippen molar-refractivity contribution in [2.45, 2.75) is 0 Å². The average Bonchev–Trinajstić information content (AvgIpc) is 2.66. The van der Waals surface area contributed by atoms with Crippen LogP contribution in [0, 0.1) is 0 Å². The maximum absolute atomic E-state index is 12.8. The molecule has 3 rings (SSSR count). The van der Waals surface area contributed by atoms with Gasteiger partial charge in [0.15, 0.2) is 11.5 Å². The minimum absolute atomic E-state index is 0.0132. The monoisotopic (exact) mass is 368 g/mol. The van der Waals surface area contributed by atoms with Gasteiger partial charge in [-0.15, -0.1) is 0 Å². The highest BCUT2D eigenvalue weighted by molar-refractivity contribution is 6.39. The Bertz CT molecular complexity index is 949. The molecule has 1 heterocycles. The Morgan fingerprint density at radius 3 is 2.26 bits per heavy atom. The second-order valence-electron chi connectivity index (χ2n) is 5.59. The van der Waals surface area contributed by atoms with Gasteiger partial charge in [-0.2, -0.15) is 0 Å². The van der Waals surface area contributed by atoms with Crippen LogP contribution < -0.4 is 19.7 Å². The molecule has 8 nitrogen and oxygen atoms in total. The molecular formula is C19H16N2O6. The highest BCUT2D eigenvalue weighted by atomic mass is 16.5. The molecule has 1 aliphatic rings. The lowest BCUT2D eigenvalue weighted by atomic mass is 10.1. The summed E-state index contributed by atoms with van der Waals surface area (Å²) in [6.45, 7) is 0. The number of phenolic OH excluding ortho intramolecular Hbond substituents is 1. The van der Waals surface area contributed by atoms with Crippen molar-refractivity contribution in [1.29, 1.82) is 0 Å². The van der Waals surface area contributed by atoms with E-state index in [1.807, 2.05) is 0 Å². The first-order chi connectivity index (χ1) is 12.9. The number of urea groups is 1. The first-order valence-electron chi connectivity index (χ1n) is 7.87. The first-order valence-corrected chi connectivity index (χ1v) is 7.87. The third-order valence-corrected chi connectivity index (χ3v) is 3.93. The van der Waals surface area contributed by atoms with Gasteiger partial charge in [-0.1, -0.05) is 6.07 Å². The molecule has 0 radical (unpaired) electrons. The molecular weight excluding hydrogens is 352 g/mol. The van der Waals surface area contributed by atoms with Crippen LogP contribution >= 0.6 is 0 Å². The van der Waals surface area contributed by atoms with Gasteiger partial charge < -0.3 is 14.6 Å². The van der Waals surface area contributed by atoms with Gasteiger partial charge in [-0.3, -0.25) is 14.9 Å². The molecule has 0 unspecified atom stereocenters. The summed E-state index contributed by atoms with van der Waals surface area (Å²) < 4.78 is 10.4. The Labute approximate surface area is 154 Å². The standard InChI is InChI=1S/C19H16N2O6/c1-26-15-8-3-11(10-16(15)27-2)9-14-17(23)20-19(25)21(18(14)24)12-4-6-13(22)7-5-12/h3-10,22H,1-2H3,(H,20,23,25)/b14-9+. The number of anilines is 1. The largest absolute Gasteiger partial charge is 0.508 e. The minimum atomic E-state index is -0.861. The van der Waals surface area contributed by atoms with Gasteiger partial charge in [-0.05, 0) is 48.0 Å². The van der Waals surface area contributed by atoms with Crippen molar-refractivity contribution in [2.75, 3.05) is 19.1 Å². The summed E-state index contributed by atoms with van der Waals surface area (Å²) in [5.74, 6) is -0.651. The molecule has 1 fully saturated rings. The molecule has 0 spiro atoms. The summed E-state index contributed by atoms with van der Waals surface area (Å²) in [6.07, 6.45) is 1.36. The number of hydrogen-bond donors (Lipinski definition) is 2. The van der Waals surface area contributed by atoms with E-state index in [-0.39, 0.29) is 17.0 Å². The number of nitrogens with zero attached hydrogens (tertiary/aromatic N) is 1. The Morgan fingerprint density at radius 2 is 1.63 bits per heavy atom. The zero-order valence-electron chi connectivity index (χ0n) is 14.6. The summed E-state index contributed by atoms with van der Waals surface area (Å²) in [5.41, 5.74) is 0.530. The fourth-order valence-corrected chi connectivity index (χ4v) is 2.60. The highest BCUT2D eigenvalue weighted by Gasteiger charge is 2.36. The van der Waals surface area contributed by atoms with Gasteiger partial charge in [0.25, 0.3) is 11.8 Å². The number of amides is 4. The van der Waals surface area contributed by atoms with Gasteiger partial charge in [0, 0.05) is 0 Å². The minimum Gasteiger partial charge on any atom is -0.508 e. The van der Waals surface area contributed by atoms with E-state index in [1.54, 1.807) is 18.2 Å². The summed E-state index contributed by atoms with van der Waals surface area (Å²) in [4.78, 5) is 37.9. The Balaban J connectivity index is 2.00. The number of carbonyl (C=O) groups is 3. The van der Waals surface area contributed by atoms with Crippen LogP contribution in [0.1, 0.15) is 5.56 Å². The molecule has 0 bridgehead atoms. The van der Waals surface area contributed by atoms with Crippen molar-refractivity contribution < 1.29 is 29.0 Å². The van der Waals surface area contributed by atoms with Gasteiger partial charge in [0.2, 0.25) is 0 Å². The van der Waals surface area contributed by atoms with Crippen LogP contribution in [0.2, 0.25) is 0 Å². The highest BCUT2D eigenvalue weighted by Crippen LogP contribution is 2.29. The van der Waals surface area contributed by atoms with Gasteiger partial charge in [0.1, 0.15) is 11.3 Å². The van der Waals surface area contributed by atoms with Crippen LogP contribution in [0.15, 0.2) is 48.0 Å². The number of ether oxygens (including phenoxy) is 2. The fourth-order valence-electron chi connectivity index (χ4n) is 2.60. The van der Waals surface area contributed by atoms with Crippen LogP contribution in [-0.4, -0.2) is 37.2 Å². The lowest BCUT2D eigenvalue weighted by Gasteiger charge is -2.26. The zero-order chi connectivity index (χ0) is 19.6. The van der Waals surface area contributed by atoms with Crippen molar-refractivity contribution in [3.05, 3.63) is 53.6 Å². The van der Waals surface area contributed by atoms with Crippen LogP contribution in [0.4, 0.5) is 10.5 Å². The van der Waals surface area contributed by atoms with Crippen molar-refractivity contribution in [3.8, 4) is 17.2 Å². The molecule has 27 heavy (non-hydrogen) atoms. The van der Waals surface area contributed by atoms with Crippen LogP contribution in [0.25, 0.3) is 6.08 Å². The van der Waals surface area contributed by atoms with Crippen LogP contribution in [0.3, 0.4) is 0 Å². The topological polar surface area (TPSA) is 105 Å². The third kappa shape index (κ3) is 3.45. The predicted molar refractivity (Wildman–Crippen MR) is 96.7 cm³/mol. The number of barbiturate groups is 1. The SMILES string of the molecule is COc1ccc(/C=C2\C(=O)NC(=O)N(c3ccc(O)cc3)C2=O)cc1OC. The molecule has 2 N–H and O–H groups in total. The Morgan fingerprint density at radius 1 is 0.963 bits per heavy atom. The number of carbonyl (C=O) groups excluding carboxylic acids is 3. The summed E-state index contributed by atoms with van der Waals surface area (Å²) >= 11 is 0. The van der Waals surface area contributed by atoms with E-state index in [4.69, 9.17) is 9.47 Å². The van der Waals surface area contributed by atoms with E-state index in [0.29, 0.717) is 17.1 Å². The predicted octanol–water partition coefficient (Wildman–Crippen LogP) is 2.08. The van der Waals surface area contributed by atoms with Gasteiger partial charge in [0.05, 0.1) is 19.9 Å². The number of methoxy groups -OCH3 is 2. The summed E-state index contributed by atoms with van der Waals surface area (Å²) in [5, 5.41) is 11.5. The summed E-state index contributed by atoms with van der Waals surface area (Å²) in [7, 11) is 2.97. The van der Waals surface area contributed by atoms with Crippen LogP contribution in [-0.2, 0) is 9.59 Å². The van der Waals surface area contributed by atoms with Crippen LogP contribution in [0.5, 0.6) is 17.2 Å². The first kappa shape index (κ1) is 18.0.